The number of nitrogens with zero attached hydrogens (tertiary/aromatic N) is 3. The normalized spacial score (nSPS) is 10.7. The van der Waals surface area contributed by atoms with Gasteiger partial charge in [-0.2, -0.15) is 5.10 Å². The summed E-state index contributed by atoms with van der Waals surface area (Å²) >= 11 is 5.66. The second kappa shape index (κ2) is 8.10. The summed E-state index contributed by atoms with van der Waals surface area (Å²) in [4.78, 5) is 16.5. The van der Waals surface area contributed by atoms with E-state index in [2.05, 4.69) is 15.4 Å². The Labute approximate surface area is 155 Å². The highest BCUT2D eigenvalue weighted by molar-refractivity contribution is 6.30. The van der Waals surface area contributed by atoms with Crippen LogP contribution in [0.1, 0.15) is 17.5 Å². The lowest BCUT2D eigenvalue weighted by Crippen LogP contribution is -2.23. The van der Waals surface area contributed by atoms with Crippen LogP contribution in [-0.4, -0.2) is 20.7 Å². The molecule has 0 aliphatic heterocycles. The molecule has 1 N–H and O–H groups in total. The number of halogens is 2. The van der Waals surface area contributed by atoms with Crippen molar-refractivity contribution in [3.05, 3.63) is 70.9 Å². The molecule has 1 amide bonds. The van der Waals surface area contributed by atoms with Crippen LogP contribution < -0.4 is 5.32 Å². The van der Waals surface area contributed by atoms with Crippen molar-refractivity contribution in [1.82, 2.24) is 20.1 Å². The maximum atomic E-state index is 13.4. The molecule has 3 aromatic rings. The molecule has 1 aromatic carbocycles. The number of carbonyl (C=O) groups excluding carboxylic acids is 1. The van der Waals surface area contributed by atoms with E-state index in [9.17, 15) is 9.18 Å². The van der Waals surface area contributed by atoms with E-state index >= 15 is 0 Å². The summed E-state index contributed by atoms with van der Waals surface area (Å²) in [6.07, 6.45) is 6.04. The zero-order valence-electron chi connectivity index (χ0n) is 14.2. The van der Waals surface area contributed by atoms with Gasteiger partial charge in [-0.05, 0) is 35.7 Å². The van der Waals surface area contributed by atoms with Crippen molar-refractivity contribution in [2.75, 3.05) is 0 Å². The molecule has 2 heterocycles. The molecule has 26 heavy (non-hydrogen) atoms. The van der Waals surface area contributed by atoms with Gasteiger partial charge in [0, 0.05) is 38.0 Å². The highest BCUT2D eigenvalue weighted by Crippen LogP contribution is 2.20. The summed E-state index contributed by atoms with van der Waals surface area (Å²) in [7, 11) is 1.84. The molecule has 0 fully saturated rings. The second-order valence-electron chi connectivity index (χ2n) is 5.94. The number of aromatic nitrogens is 3. The van der Waals surface area contributed by atoms with Gasteiger partial charge in [0.25, 0.3) is 0 Å². The first-order valence-electron chi connectivity index (χ1n) is 8.16. The third-order valence-corrected chi connectivity index (χ3v) is 4.28. The van der Waals surface area contributed by atoms with E-state index in [0.717, 1.165) is 22.4 Å². The molecule has 0 bridgehead atoms. The Morgan fingerprint density at radius 1 is 1.35 bits per heavy atom. The number of nitrogens with one attached hydrogen (secondary N) is 1. The number of hydrogen-bond acceptors (Lipinski definition) is 3. The third-order valence-electron chi connectivity index (χ3n) is 3.97. The van der Waals surface area contributed by atoms with E-state index in [1.807, 2.05) is 25.4 Å². The monoisotopic (exact) mass is 372 g/mol. The second-order valence-corrected chi connectivity index (χ2v) is 6.35. The van der Waals surface area contributed by atoms with Crippen LogP contribution in [0.4, 0.5) is 4.39 Å². The lowest BCUT2D eigenvalue weighted by molar-refractivity contribution is -0.121. The van der Waals surface area contributed by atoms with Crippen LogP contribution in [0.2, 0.25) is 5.02 Å². The Hall–Kier alpha value is -2.73. The van der Waals surface area contributed by atoms with Gasteiger partial charge in [0.2, 0.25) is 5.91 Å². The standard InChI is InChI=1S/C19H18ClFN4O/c1-25-12-15(11-24-25)19-14(3-2-8-22-19)10-23-18(26)7-5-13-4-6-16(20)17(21)9-13/h2-4,6,8-9,11-12H,5,7,10H2,1H3,(H,23,26). The fraction of sp³-hybridized carbons (Fsp3) is 0.211. The fourth-order valence-electron chi connectivity index (χ4n) is 2.62. The average Bonchev–Trinajstić information content (AvgIpc) is 3.07. The van der Waals surface area contributed by atoms with Crippen LogP contribution in [0.15, 0.2) is 48.9 Å². The van der Waals surface area contributed by atoms with E-state index in [0.29, 0.717) is 13.0 Å². The molecule has 0 spiro atoms. The van der Waals surface area contributed by atoms with Gasteiger partial charge < -0.3 is 5.32 Å². The molecule has 5 nitrogen and oxygen atoms in total. The summed E-state index contributed by atoms with van der Waals surface area (Å²) in [6, 6.07) is 8.33. The predicted octanol–water partition coefficient (Wildman–Crippen LogP) is 3.52. The van der Waals surface area contributed by atoms with Crippen molar-refractivity contribution in [1.29, 1.82) is 0 Å². The summed E-state index contributed by atoms with van der Waals surface area (Å²) in [5, 5.41) is 7.12. The third kappa shape index (κ3) is 4.46. The Kier molecular flexibility index (Phi) is 5.63. The number of benzene rings is 1. The van der Waals surface area contributed by atoms with Gasteiger partial charge in [-0.3, -0.25) is 14.5 Å². The summed E-state index contributed by atoms with van der Waals surface area (Å²) in [5.74, 6) is -0.581. The Morgan fingerprint density at radius 2 is 2.19 bits per heavy atom. The largest absolute Gasteiger partial charge is 0.352 e. The van der Waals surface area contributed by atoms with Gasteiger partial charge in [0.15, 0.2) is 0 Å². The van der Waals surface area contributed by atoms with E-state index in [1.165, 1.54) is 12.1 Å². The SMILES string of the molecule is Cn1cc(-c2ncccc2CNC(=O)CCc2ccc(Cl)c(F)c2)cn1. The first-order valence-corrected chi connectivity index (χ1v) is 8.54. The lowest BCUT2D eigenvalue weighted by atomic mass is 10.1. The van der Waals surface area contributed by atoms with Gasteiger partial charge >= 0.3 is 0 Å². The topological polar surface area (TPSA) is 59.8 Å². The number of amides is 1. The molecule has 3 rings (SSSR count). The van der Waals surface area contributed by atoms with E-state index in [4.69, 9.17) is 11.6 Å². The lowest BCUT2D eigenvalue weighted by Gasteiger charge is -2.09. The van der Waals surface area contributed by atoms with Gasteiger partial charge in [-0.1, -0.05) is 23.7 Å². The molecule has 0 aliphatic rings. The van der Waals surface area contributed by atoms with Gasteiger partial charge in [-0.25, -0.2) is 4.39 Å². The molecule has 134 valence electrons. The summed E-state index contributed by atoms with van der Waals surface area (Å²) in [6.45, 7) is 0.367. The minimum atomic E-state index is -0.471. The smallest absolute Gasteiger partial charge is 0.220 e. The van der Waals surface area contributed by atoms with E-state index in [1.54, 1.807) is 23.1 Å². The van der Waals surface area contributed by atoms with Crippen molar-refractivity contribution in [3.63, 3.8) is 0 Å². The number of rotatable bonds is 6. The molecule has 0 saturated carbocycles. The van der Waals surface area contributed by atoms with Gasteiger partial charge in [-0.15, -0.1) is 0 Å². The first-order chi connectivity index (χ1) is 12.5. The van der Waals surface area contributed by atoms with Gasteiger partial charge in [0.1, 0.15) is 5.82 Å². The highest BCUT2D eigenvalue weighted by Gasteiger charge is 2.10. The van der Waals surface area contributed by atoms with Crippen molar-refractivity contribution in [3.8, 4) is 11.3 Å². The van der Waals surface area contributed by atoms with Crippen molar-refractivity contribution >= 4 is 17.5 Å². The van der Waals surface area contributed by atoms with Crippen LogP contribution in [0.5, 0.6) is 0 Å². The summed E-state index contributed by atoms with van der Waals surface area (Å²) in [5.41, 5.74) is 3.33. The molecule has 0 radical (unpaired) electrons. The Morgan fingerprint density at radius 3 is 2.92 bits per heavy atom. The Balaban J connectivity index is 1.59. The quantitative estimate of drug-likeness (QED) is 0.720. The zero-order valence-corrected chi connectivity index (χ0v) is 15.0. The minimum absolute atomic E-state index is 0.0812. The number of carbonyl (C=O) groups is 1. The van der Waals surface area contributed by atoms with Crippen LogP contribution >= 0.6 is 11.6 Å². The molecule has 2 aromatic heterocycles. The fourth-order valence-corrected chi connectivity index (χ4v) is 2.74. The number of aryl methyl sites for hydroxylation is 2. The molecular formula is C19H18ClFN4O. The van der Waals surface area contributed by atoms with Crippen LogP contribution in [-0.2, 0) is 24.8 Å². The van der Waals surface area contributed by atoms with Gasteiger partial charge in [0.05, 0.1) is 16.9 Å². The van der Waals surface area contributed by atoms with E-state index in [-0.39, 0.29) is 17.4 Å². The van der Waals surface area contributed by atoms with Crippen molar-refractivity contribution in [2.45, 2.75) is 19.4 Å². The van der Waals surface area contributed by atoms with Crippen LogP contribution in [0.3, 0.4) is 0 Å². The number of hydrogen-bond donors (Lipinski definition) is 1. The zero-order chi connectivity index (χ0) is 18.5. The van der Waals surface area contributed by atoms with E-state index < -0.39 is 5.82 Å². The predicted molar refractivity (Wildman–Crippen MR) is 98.0 cm³/mol. The molecular weight excluding hydrogens is 355 g/mol. The molecule has 0 unspecified atom stereocenters. The molecule has 0 saturated heterocycles. The maximum absolute atomic E-state index is 13.4. The number of pyridine rings is 1. The van der Waals surface area contributed by atoms with Crippen molar-refractivity contribution in [2.24, 2.45) is 7.05 Å². The van der Waals surface area contributed by atoms with Crippen LogP contribution in [0, 0.1) is 5.82 Å². The molecule has 7 heteroatoms. The highest BCUT2D eigenvalue weighted by atomic mass is 35.5. The summed E-state index contributed by atoms with van der Waals surface area (Å²) < 4.78 is 15.1. The maximum Gasteiger partial charge on any atom is 0.220 e. The minimum Gasteiger partial charge on any atom is -0.352 e. The van der Waals surface area contributed by atoms with Crippen LogP contribution in [0.25, 0.3) is 11.3 Å². The average molecular weight is 373 g/mol. The first kappa shape index (κ1) is 18.1. The Bertz CT molecular complexity index is 925. The molecule has 0 aliphatic carbocycles. The molecule has 0 atom stereocenters. The van der Waals surface area contributed by atoms with Crippen molar-refractivity contribution < 1.29 is 9.18 Å².